The number of non-ortho nitro benzene ring substituents is 1. The highest BCUT2D eigenvalue weighted by Gasteiger charge is 2.13. The van der Waals surface area contributed by atoms with Crippen LogP contribution in [0.4, 0.5) is 15.8 Å². The second-order valence-electron chi connectivity index (χ2n) is 5.02. The molecule has 0 radical (unpaired) electrons. The van der Waals surface area contributed by atoms with E-state index in [1.165, 1.54) is 24.3 Å². The molecule has 0 unspecified atom stereocenters. The summed E-state index contributed by atoms with van der Waals surface area (Å²) < 4.78 is 12.8. The molecular weight excluding hydrogens is 301 g/mol. The van der Waals surface area contributed by atoms with Crippen LogP contribution < -0.4 is 10.6 Å². The lowest BCUT2D eigenvalue weighted by Gasteiger charge is -2.15. The first-order valence-corrected chi connectivity index (χ1v) is 6.99. The number of nitro benzene ring substituents is 1. The minimum atomic E-state index is -0.572. The monoisotopic (exact) mass is 317 g/mol. The van der Waals surface area contributed by atoms with Crippen LogP contribution in [0.5, 0.6) is 0 Å². The van der Waals surface area contributed by atoms with Gasteiger partial charge < -0.3 is 10.6 Å². The number of carbonyl (C=O) groups excluding carboxylic acids is 1. The molecule has 1 atom stereocenters. The van der Waals surface area contributed by atoms with Crippen molar-refractivity contribution < 1.29 is 14.1 Å². The topological polar surface area (TPSA) is 84.3 Å². The van der Waals surface area contributed by atoms with Gasteiger partial charge in [0.25, 0.3) is 5.69 Å². The van der Waals surface area contributed by atoms with E-state index >= 15 is 0 Å². The molecule has 23 heavy (non-hydrogen) atoms. The lowest BCUT2D eigenvalue weighted by molar-refractivity contribution is -0.384. The van der Waals surface area contributed by atoms with Crippen LogP contribution in [0.2, 0.25) is 0 Å². The van der Waals surface area contributed by atoms with Crippen LogP contribution in [0.25, 0.3) is 0 Å². The average Bonchev–Trinajstić information content (AvgIpc) is 2.54. The maximum absolute atomic E-state index is 12.8. The Morgan fingerprint density at radius 1 is 1.26 bits per heavy atom. The Morgan fingerprint density at radius 2 is 1.96 bits per heavy atom. The first kappa shape index (κ1) is 16.4. The Hall–Kier alpha value is -2.96. The zero-order valence-corrected chi connectivity index (χ0v) is 12.5. The summed E-state index contributed by atoms with van der Waals surface area (Å²) in [4.78, 5) is 22.3. The predicted molar refractivity (Wildman–Crippen MR) is 84.4 cm³/mol. The van der Waals surface area contributed by atoms with E-state index in [-0.39, 0.29) is 24.0 Å². The van der Waals surface area contributed by atoms with Crippen LogP contribution >= 0.6 is 0 Å². The van der Waals surface area contributed by atoms with Gasteiger partial charge in [0.2, 0.25) is 5.91 Å². The number of nitrogens with one attached hydrogen (secondary N) is 2. The van der Waals surface area contributed by atoms with E-state index < -0.39 is 11.0 Å². The fraction of sp³-hybridized carbons (Fsp3) is 0.188. The SMILES string of the molecule is C[C@@H](Nc1cccc([N+](=O)[O-])c1)C(=O)NCc1ccc(F)cc1. The quantitative estimate of drug-likeness (QED) is 0.634. The first-order valence-electron chi connectivity index (χ1n) is 6.99. The van der Waals surface area contributed by atoms with Crippen molar-refractivity contribution in [3.63, 3.8) is 0 Å². The number of carbonyl (C=O) groups is 1. The van der Waals surface area contributed by atoms with Crippen molar-refractivity contribution in [1.82, 2.24) is 5.32 Å². The fourth-order valence-electron chi connectivity index (χ4n) is 1.97. The van der Waals surface area contributed by atoms with Gasteiger partial charge in [-0.25, -0.2) is 4.39 Å². The standard InChI is InChI=1S/C16H16FN3O3/c1-11(19-14-3-2-4-15(9-14)20(22)23)16(21)18-10-12-5-7-13(17)8-6-12/h2-9,11,19H,10H2,1H3,(H,18,21)/t11-/m1/s1. The Bertz CT molecular complexity index is 704. The molecule has 6 nitrogen and oxygen atoms in total. The second-order valence-corrected chi connectivity index (χ2v) is 5.02. The molecule has 0 aliphatic carbocycles. The molecule has 2 N–H and O–H groups in total. The van der Waals surface area contributed by atoms with Crippen molar-refractivity contribution in [2.75, 3.05) is 5.32 Å². The number of anilines is 1. The summed E-state index contributed by atoms with van der Waals surface area (Å²) in [6.45, 7) is 1.93. The van der Waals surface area contributed by atoms with Crippen LogP contribution in [-0.2, 0) is 11.3 Å². The van der Waals surface area contributed by atoms with Crippen molar-refractivity contribution in [2.45, 2.75) is 19.5 Å². The van der Waals surface area contributed by atoms with Gasteiger partial charge in [-0.2, -0.15) is 0 Å². The summed E-state index contributed by atoms with van der Waals surface area (Å²) >= 11 is 0. The Balaban J connectivity index is 1.90. The highest BCUT2D eigenvalue weighted by molar-refractivity contribution is 5.84. The minimum absolute atomic E-state index is 0.0473. The molecule has 120 valence electrons. The van der Waals surface area contributed by atoms with Crippen LogP contribution in [0, 0.1) is 15.9 Å². The Kier molecular flexibility index (Phi) is 5.24. The zero-order chi connectivity index (χ0) is 16.8. The maximum Gasteiger partial charge on any atom is 0.271 e. The average molecular weight is 317 g/mol. The third-order valence-corrected chi connectivity index (χ3v) is 3.21. The van der Waals surface area contributed by atoms with Crippen LogP contribution in [0.3, 0.4) is 0 Å². The number of benzene rings is 2. The van der Waals surface area contributed by atoms with E-state index in [9.17, 15) is 19.3 Å². The van der Waals surface area contributed by atoms with Crippen LogP contribution in [0.1, 0.15) is 12.5 Å². The number of hydrogen-bond donors (Lipinski definition) is 2. The lowest BCUT2D eigenvalue weighted by Crippen LogP contribution is -2.37. The number of nitrogens with zero attached hydrogens (tertiary/aromatic N) is 1. The summed E-state index contributed by atoms with van der Waals surface area (Å²) in [6.07, 6.45) is 0. The van der Waals surface area contributed by atoms with Crippen molar-refractivity contribution in [3.05, 3.63) is 70.0 Å². The van der Waals surface area contributed by atoms with Crippen molar-refractivity contribution in [3.8, 4) is 0 Å². The molecule has 0 aliphatic rings. The van der Waals surface area contributed by atoms with Crippen molar-refractivity contribution in [2.24, 2.45) is 0 Å². The summed E-state index contributed by atoms with van der Waals surface area (Å²) in [5, 5.41) is 16.4. The fourth-order valence-corrected chi connectivity index (χ4v) is 1.97. The highest BCUT2D eigenvalue weighted by Crippen LogP contribution is 2.17. The molecule has 2 aromatic carbocycles. The van der Waals surface area contributed by atoms with E-state index in [4.69, 9.17) is 0 Å². The number of rotatable bonds is 6. The smallest absolute Gasteiger partial charge is 0.271 e. The van der Waals surface area contributed by atoms with Gasteiger partial charge in [0.05, 0.1) is 4.92 Å². The van der Waals surface area contributed by atoms with Crippen molar-refractivity contribution >= 4 is 17.3 Å². The van der Waals surface area contributed by atoms with Crippen LogP contribution in [-0.4, -0.2) is 16.9 Å². The third kappa shape index (κ3) is 4.77. The number of hydrogen-bond acceptors (Lipinski definition) is 4. The first-order chi connectivity index (χ1) is 11.0. The summed E-state index contributed by atoms with van der Waals surface area (Å²) in [5.74, 6) is -0.596. The largest absolute Gasteiger partial charge is 0.374 e. The van der Waals surface area contributed by atoms with Crippen molar-refractivity contribution in [1.29, 1.82) is 0 Å². The molecule has 0 bridgehead atoms. The normalized spacial score (nSPS) is 11.6. The Morgan fingerprint density at radius 3 is 2.61 bits per heavy atom. The Labute approximate surface area is 132 Å². The molecule has 0 saturated carbocycles. The number of nitro groups is 1. The molecule has 0 aromatic heterocycles. The summed E-state index contributed by atoms with van der Waals surface area (Å²) in [6, 6.07) is 11.2. The van der Waals surface area contributed by atoms with Gasteiger partial charge in [0.1, 0.15) is 11.9 Å². The third-order valence-electron chi connectivity index (χ3n) is 3.21. The highest BCUT2D eigenvalue weighted by atomic mass is 19.1. The van der Waals surface area contributed by atoms with Gasteiger partial charge >= 0.3 is 0 Å². The minimum Gasteiger partial charge on any atom is -0.374 e. The molecule has 0 aliphatic heterocycles. The summed E-state index contributed by atoms with van der Waals surface area (Å²) in [7, 11) is 0. The van der Waals surface area contributed by atoms with E-state index in [0.29, 0.717) is 5.69 Å². The molecule has 0 heterocycles. The molecule has 0 saturated heterocycles. The van der Waals surface area contributed by atoms with Gasteiger partial charge in [-0.05, 0) is 30.7 Å². The predicted octanol–water partition coefficient (Wildman–Crippen LogP) is 2.85. The van der Waals surface area contributed by atoms with E-state index in [1.54, 1.807) is 31.2 Å². The molecule has 2 aromatic rings. The molecular formula is C16H16FN3O3. The zero-order valence-electron chi connectivity index (χ0n) is 12.5. The van der Waals surface area contributed by atoms with E-state index in [0.717, 1.165) is 5.56 Å². The molecule has 0 spiro atoms. The molecule has 0 fully saturated rings. The molecule has 7 heteroatoms. The second kappa shape index (κ2) is 7.35. The van der Waals surface area contributed by atoms with E-state index in [1.807, 2.05) is 0 Å². The summed E-state index contributed by atoms with van der Waals surface area (Å²) in [5.41, 5.74) is 1.22. The van der Waals surface area contributed by atoms with Gasteiger partial charge in [0.15, 0.2) is 0 Å². The van der Waals surface area contributed by atoms with E-state index in [2.05, 4.69) is 10.6 Å². The molecule has 2 rings (SSSR count). The van der Waals surface area contributed by atoms with Gasteiger partial charge in [-0.15, -0.1) is 0 Å². The lowest BCUT2D eigenvalue weighted by atomic mass is 10.2. The maximum atomic E-state index is 12.8. The van der Waals surface area contributed by atoms with Gasteiger partial charge in [-0.3, -0.25) is 14.9 Å². The van der Waals surface area contributed by atoms with Gasteiger partial charge in [0, 0.05) is 24.4 Å². The van der Waals surface area contributed by atoms with Gasteiger partial charge in [-0.1, -0.05) is 18.2 Å². The number of halogens is 1. The molecule has 1 amide bonds. The van der Waals surface area contributed by atoms with Crippen LogP contribution in [0.15, 0.2) is 48.5 Å². The number of amides is 1.